The van der Waals surface area contributed by atoms with Gasteiger partial charge in [0.15, 0.2) is 5.82 Å². The highest BCUT2D eigenvalue weighted by molar-refractivity contribution is 9.10. The number of halogens is 2. The second kappa shape index (κ2) is 9.31. The van der Waals surface area contributed by atoms with Crippen LogP contribution in [0.15, 0.2) is 51.6 Å². The number of amides is 1. The molecule has 3 heterocycles. The fourth-order valence-electron chi connectivity index (χ4n) is 2.99. The molecule has 0 fully saturated rings. The largest absolute Gasteiger partial charge is 0.420 e. The van der Waals surface area contributed by atoms with E-state index in [4.69, 9.17) is 16.0 Å². The van der Waals surface area contributed by atoms with Crippen molar-refractivity contribution in [3.05, 3.63) is 69.4 Å². The second-order valence-electron chi connectivity index (χ2n) is 6.74. The number of aromatic nitrogens is 5. The van der Waals surface area contributed by atoms with Crippen LogP contribution in [0.4, 0.5) is 5.69 Å². The van der Waals surface area contributed by atoms with Crippen molar-refractivity contribution in [1.29, 1.82) is 0 Å². The zero-order chi connectivity index (χ0) is 22.8. The Labute approximate surface area is 198 Å². The van der Waals surface area contributed by atoms with Gasteiger partial charge in [0.2, 0.25) is 11.8 Å². The van der Waals surface area contributed by atoms with E-state index in [0.717, 1.165) is 5.56 Å². The van der Waals surface area contributed by atoms with Gasteiger partial charge in [-0.1, -0.05) is 23.7 Å². The van der Waals surface area contributed by atoms with E-state index in [1.165, 1.54) is 4.68 Å². The number of rotatable bonds is 6. The summed E-state index contributed by atoms with van der Waals surface area (Å²) in [6.07, 6.45) is 3.12. The predicted octanol–water partition coefficient (Wildman–Crippen LogP) is 4.17. The van der Waals surface area contributed by atoms with Crippen LogP contribution in [0.2, 0.25) is 5.02 Å². The van der Waals surface area contributed by atoms with Gasteiger partial charge in [-0.05, 0) is 46.6 Å². The summed E-state index contributed by atoms with van der Waals surface area (Å²) < 4.78 is 18.9. The summed E-state index contributed by atoms with van der Waals surface area (Å²) in [7, 11) is -1.12. The van der Waals surface area contributed by atoms with Crippen molar-refractivity contribution in [3.8, 4) is 17.3 Å². The summed E-state index contributed by atoms with van der Waals surface area (Å²) >= 11 is 9.56. The molecule has 1 aromatic carbocycles. The lowest BCUT2D eigenvalue weighted by atomic mass is 10.1. The van der Waals surface area contributed by atoms with Crippen LogP contribution in [0.5, 0.6) is 0 Å². The Hall–Kier alpha value is -2.89. The molecule has 0 aliphatic rings. The van der Waals surface area contributed by atoms with Gasteiger partial charge in [0, 0.05) is 29.3 Å². The van der Waals surface area contributed by atoms with Gasteiger partial charge in [0.05, 0.1) is 16.3 Å². The molecule has 4 aromatic rings. The third-order valence-corrected chi connectivity index (χ3v) is 5.72. The molecule has 0 saturated heterocycles. The zero-order valence-corrected chi connectivity index (χ0v) is 20.0. The van der Waals surface area contributed by atoms with Gasteiger partial charge in [0.1, 0.15) is 16.0 Å². The number of aryl methyl sites for hydroxylation is 1. The number of nitrogens with zero attached hydrogens (tertiary/aromatic N) is 5. The van der Waals surface area contributed by atoms with E-state index in [0.29, 0.717) is 26.7 Å². The van der Waals surface area contributed by atoms with Crippen LogP contribution in [0.3, 0.4) is 0 Å². The Kier molecular flexibility index (Phi) is 6.49. The van der Waals surface area contributed by atoms with Crippen molar-refractivity contribution in [3.63, 3.8) is 0 Å². The molecule has 0 saturated carbocycles. The fourth-order valence-corrected chi connectivity index (χ4v) is 4.03. The minimum atomic E-state index is -1.12. The van der Waals surface area contributed by atoms with E-state index >= 15 is 0 Å². The monoisotopic (exact) mass is 534 g/mol. The summed E-state index contributed by atoms with van der Waals surface area (Å²) in [6.45, 7) is 1.85. The molecule has 0 radical (unpaired) electrons. The van der Waals surface area contributed by atoms with Crippen LogP contribution >= 0.6 is 27.5 Å². The Morgan fingerprint density at radius 2 is 2.09 bits per heavy atom. The number of anilines is 1. The second-order valence-corrected chi connectivity index (χ2v) is 9.40. The van der Waals surface area contributed by atoms with Crippen LogP contribution in [0, 0.1) is 6.92 Å². The Morgan fingerprint density at radius 3 is 2.84 bits per heavy atom. The maximum atomic E-state index is 13.2. The maximum Gasteiger partial charge on any atom is 0.274 e. The summed E-state index contributed by atoms with van der Waals surface area (Å²) in [5.41, 5.74) is 2.05. The van der Waals surface area contributed by atoms with Gasteiger partial charge >= 0.3 is 0 Å². The number of carbonyl (C=O) groups is 1. The van der Waals surface area contributed by atoms with E-state index in [-0.39, 0.29) is 23.2 Å². The maximum absolute atomic E-state index is 13.2. The number of pyridine rings is 1. The normalized spacial score (nSPS) is 12.0. The molecule has 1 unspecified atom stereocenters. The van der Waals surface area contributed by atoms with Crippen molar-refractivity contribution >= 4 is 49.9 Å². The highest BCUT2D eigenvalue weighted by atomic mass is 79.9. The minimum Gasteiger partial charge on any atom is -0.420 e. The fraction of sp³-hybridized carbons (Fsp3) is 0.150. The lowest BCUT2D eigenvalue weighted by Gasteiger charge is -2.13. The van der Waals surface area contributed by atoms with E-state index in [1.54, 1.807) is 36.7 Å². The molecule has 0 aliphatic heterocycles. The van der Waals surface area contributed by atoms with Gasteiger partial charge in [-0.25, -0.2) is 9.67 Å². The van der Waals surface area contributed by atoms with Crippen molar-refractivity contribution in [2.75, 3.05) is 11.6 Å². The summed E-state index contributed by atoms with van der Waals surface area (Å²) in [4.78, 5) is 17.5. The van der Waals surface area contributed by atoms with Crippen molar-refractivity contribution in [2.45, 2.75) is 12.7 Å². The summed E-state index contributed by atoms with van der Waals surface area (Å²) in [5.74, 6) is 0.510. The van der Waals surface area contributed by atoms with Crippen molar-refractivity contribution in [2.24, 2.45) is 0 Å². The van der Waals surface area contributed by atoms with Crippen molar-refractivity contribution < 1.29 is 13.4 Å². The molecule has 12 heteroatoms. The lowest BCUT2D eigenvalue weighted by molar-refractivity contribution is 0.101. The standard InChI is InChI=1S/C20H16BrClN6O3S/c1-11-5-3-6-12(20-26-25-16(31-20)10-32(2)30)17(11)24-19(29)14-9-15(21)27-28(14)18-13(22)7-4-8-23-18/h3-9H,10H2,1-2H3,(H,24,29). The molecule has 0 bridgehead atoms. The van der Waals surface area contributed by atoms with Crippen LogP contribution in [0.25, 0.3) is 17.3 Å². The molecule has 0 aliphatic carbocycles. The molecule has 164 valence electrons. The van der Waals surface area contributed by atoms with E-state index in [2.05, 4.69) is 41.5 Å². The molecule has 4 rings (SSSR count). The molecule has 0 spiro atoms. The molecule has 32 heavy (non-hydrogen) atoms. The molecule has 1 amide bonds. The van der Waals surface area contributed by atoms with Gasteiger partial charge in [0.25, 0.3) is 5.91 Å². The Balaban J connectivity index is 1.71. The third kappa shape index (κ3) is 4.64. The zero-order valence-electron chi connectivity index (χ0n) is 16.9. The Morgan fingerprint density at radius 1 is 1.28 bits per heavy atom. The predicted molar refractivity (Wildman–Crippen MR) is 124 cm³/mol. The van der Waals surface area contributed by atoms with Crippen molar-refractivity contribution in [1.82, 2.24) is 25.0 Å². The Bertz CT molecular complexity index is 1340. The SMILES string of the molecule is Cc1cccc(-c2nnc(CS(C)=O)o2)c1NC(=O)c1cc(Br)nn1-c1ncccc1Cl. The number of nitrogens with one attached hydrogen (secondary N) is 1. The quantitative estimate of drug-likeness (QED) is 0.394. The van der Waals surface area contributed by atoms with E-state index in [9.17, 15) is 9.00 Å². The summed E-state index contributed by atoms with van der Waals surface area (Å²) in [6, 6.07) is 10.3. The average molecular weight is 536 g/mol. The number of carbonyl (C=O) groups excluding carboxylic acids is 1. The molecule has 1 atom stereocenters. The van der Waals surface area contributed by atoms with E-state index in [1.807, 2.05) is 19.1 Å². The van der Waals surface area contributed by atoms with E-state index < -0.39 is 16.7 Å². The minimum absolute atomic E-state index is 0.151. The average Bonchev–Trinajstić information content (AvgIpc) is 3.36. The molecular formula is C20H16BrClN6O3S. The first-order valence-corrected chi connectivity index (χ1v) is 12.1. The smallest absolute Gasteiger partial charge is 0.274 e. The van der Waals surface area contributed by atoms with Crippen LogP contribution in [-0.4, -0.2) is 41.3 Å². The number of hydrogen-bond acceptors (Lipinski definition) is 7. The van der Waals surface area contributed by atoms with Gasteiger partial charge in [-0.15, -0.1) is 10.2 Å². The molecular weight excluding hydrogens is 520 g/mol. The molecule has 3 aromatic heterocycles. The third-order valence-electron chi connectivity index (χ3n) is 4.39. The summed E-state index contributed by atoms with van der Waals surface area (Å²) in [5, 5.41) is 15.5. The van der Waals surface area contributed by atoms with Crippen LogP contribution < -0.4 is 5.32 Å². The first kappa shape index (κ1) is 22.3. The van der Waals surface area contributed by atoms with Crippen LogP contribution in [0.1, 0.15) is 21.9 Å². The molecule has 1 N–H and O–H groups in total. The lowest BCUT2D eigenvalue weighted by Crippen LogP contribution is -2.18. The molecule has 9 nitrogen and oxygen atoms in total. The number of benzene rings is 1. The highest BCUT2D eigenvalue weighted by Crippen LogP contribution is 2.31. The first-order valence-electron chi connectivity index (χ1n) is 9.23. The number of para-hydroxylation sites is 1. The topological polar surface area (TPSA) is 116 Å². The number of hydrogen-bond donors (Lipinski definition) is 1. The van der Waals surface area contributed by atoms with Crippen LogP contribution in [-0.2, 0) is 16.6 Å². The van der Waals surface area contributed by atoms with Gasteiger partial charge < -0.3 is 9.73 Å². The van der Waals surface area contributed by atoms with Gasteiger partial charge in [-0.3, -0.25) is 9.00 Å². The first-order chi connectivity index (χ1) is 15.3. The van der Waals surface area contributed by atoms with Gasteiger partial charge in [-0.2, -0.15) is 5.10 Å². The highest BCUT2D eigenvalue weighted by Gasteiger charge is 2.22.